The number of aryl methyl sites for hydroxylation is 1. The van der Waals surface area contributed by atoms with E-state index in [1.165, 1.54) is 0 Å². The molecule has 0 aromatic heterocycles. The van der Waals surface area contributed by atoms with Gasteiger partial charge >= 0.3 is 0 Å². The highest BCUT2D eigenvalue weighted by Gasteiger charge is 2.29. The van der Waals surface area contributed by atoms with E-state index in [-0.39, 0.29) is 5.78 Å². The zero-order valence-electron chi connectivity index (χ0n) is 12.5. The van der Waals surface area contributed by atoms with Gasteiger partial charge in [-0.25, -0.2) is 0 Å². The normalized spacial score (nSPS) is 11.8. The molecule has 1 rings (SSSR count). The van der Waals surface area contributed by atoms with E-state index in [4.69, 9.17) is 4.74 Å². The molecule has 0 heterocycles. The molecule has 100 valence electrons. The molecule has 0 bridgehead atoms. The van der Waals surface area contributed by atoms with E-state index in [0.717, 1.165) is 22.4 Å². The molecule has 0 amide bonds. The average molecular weight is 248 g/mol. The van der Waals surface area contributed by atoms with E-state index in [1.807, 2.05) is 26.8 Å². The van der Waals surface area contributed by atoms with Gasteiger partial charge in [0.1, 0.15) is 11.5 Å². The molecule has 0 radical (unpaired) electrons. The summed E-state index contributed by atoms with van der Waals surface area (Å²) in [7, 11) is 1.69. The molecule has 0 saturated heterocycles. The lowest BCUT2D eigenvalue weighted by Gasteiger charge is -2.26. The SMILES string of the molecule is COc1cc(C)c(C(C)(C)C(C)=O)cc1C(C)C. The highest BCUT2D eigenvalue weighted by atomic mass is 16.5. The molecule has 0 saturated carbocycles. The summed E-state index contributed by atoms with van der Waals surface area (Å²) in [5.74, 6) is 1.47. The van der Waals surface area contributed by atoms with Crippen LogP contribution in [0.2, 0.25) is 0 Å². The average Bonchev–Trinajstić information content (AvgIpc) is 2.27. The maximum atomic E-state index is 11.8. The van der Waals surface area contributed by atoms with Gasteiger partial charge in [-0.15, -0.1) is 0 Å². The molecule has 0 aliphatic rings. The number of ketones is 1. The molecule has 2 nitrogen and oxygen atoms in total. The summed E-state index contributed by atoms with van der Waals surface area (Å²) in [6, 6.07) is 4.16. The van der Waals surface area contributed by atoms with Gasteiger partial charge in [-0.1, -0.05) is 19.9 Å². The van der Waals surface area contributed by atoms with Crippen LogP contribution < -0.4 is 4.74 Å². The summed E-state index contributed by atoms with van der Waals surface area (Å²) >= 11 is 0. The van der Waals surface area contributed by atoms with Gasteiger partial charge in [-0.3, -0.25) is 4.79 Å². The Balaban J connectivity index is 3.48. The summed E-state index contributed by atoms with van der Waals surface area (Å²) in [5.41, 5.74) is 2.92. The maximum Gasteiger partial charge on any atom is 0.139 e. The fraction of sp³-hybridized carbons (Fsp3) is 0.562. The van der Waals surface area contributed by atoms with Gasteiger partial charge in [-0.2, -0.15) is 0 Å². The van der Waals surface area contributed by atoms with Crippen LogP contribution in [-0.2, 0) is 10.2 Å². The maximum absolute atomic E-state index is 11.8. The van der Waals surface area contributed by atoms with E-state index in [0.29, 0.717) is 5.92 Å². The molecule has 0 N–H and O–H groups in total. The van der Waals surface area contributed by atoms with E-state index >= 15 is 0 Å². The molecule has 2 heteroatoms. The van der Waals surface area contributed by atoms with Crippen molar-refractivity contribution in [3.63, 3.8) is 0 Å². The van der Waals surface area contributed by atoms with Crippen LogP contribution in [0.15, 0.2) is 12.1 Å². The van der Waals surface area contributed by atoms with Gasteiger partial charge in [0, 0.05) is 5.41 Å². The summed E-state index contributed by atoms with van der Waals surface area (Å²) in [5, 5.41) is 0. The number of methoxy groups -OCH3 is 1. The third kappa shape index (κ3) is 2.58. The van der Waals surface area contributed by atoms with Crippen molar-refractivity contribution in [1.82, 2.24) is 0 Å². The second-order valence-electron chi connectivity index (χ2n) is 5.74. The van der Waals surface area contributed by atoms with Crippen LogP contribution in [0.1, 0.15) is 57.2 Å². The van der Waals surface area contributed by atoms with Gasteiger partial charge in [0.15, 0.2) is 0 Å². The van der Waals surface area contributed by atoms with Crippen molar-refractivity contribution < 1.29 is 9.53 Å². The summed E-state index contributed by atoms with van der Waals surface area (Å²) < 4.78 is 5.43. The standard InChI is InChI=1S/C16H24O2/c1-10(2)13-9-14(16(5,6)12(4)17)11(3)8-15(13)18-7/h8-10H,1-7H3. The van der Waals surface area contributed by atoms with E-state index < -0.39 is 5.41 Å². The minimum Gasteiger partial charge on any atom is -0.496 e. The summed E-state index contributed by atoms with van der Waals surface area (Å²) in [4.78, 5) is 11.8. The predicted octanol–water partition coefficient (Wildman–Crippen LogP) is 3.99. The van der Waals surface area contributed by atoms with Crippen molar-refractivity contribution >= 4 is 5.78 Å². The smallest absolute Gasteiger partial charge is 0.139 e. The topological polar surface area (TPSA) is 26.3 Å². The van der Waals surface area contributed by atoms with Crippen LogP contribution in [0.4, 0.5) is 0 Å². The highest BCUT2D eigenvalue weighted by molar-refractivity contribution is 5.87. The fourth-order valence-corrected chi connectivity index (χ4v) is 2.19. The number of benzene rings is 1. The first-order valence-electron chi connectivity index (χ1n) is 6.41. The molecule has 0 aliphatic heterocycles. The molecule has 0 spiro atoms. The van der Waals surface area contributed by atoms with Crippen molar-refractivity contribution in [2.24, 2.45) is 0 Å². The van der Waals surface area contributed by atoms with Crippen molar-refractivity contribution in [3.05, 3.63) is 28.8 Å². The van der Waals surface area contributed by atoms with E-state index in [9.17, 15) is 4.79 Å². The van der Waals surface area contributed by atoms with Gasteiger partial charge in [0.25, 0.3) is 0 Å². The quantitative estimate of drug-likeness (QED) is 0.805. The minimum absolute atomic E-state index is 0.186. The second-order valence-corrected chi connectivity index (χ2v) is 5.74. The van der Waals surface area contributed by atoms with Crippen LogP contribution in [0, 0.1) is 6.92 Å². The molecule has 0 atom stereocenters. The molecular weight excluding hydrogens is 224 g/mol. The molecule has 1 aromatic rings. The lowest BCUT2D eigenvalue weighted by molar-refractivity contribution is -0.121. The van der Waals surface area contributed by atoms with Crippen LogP contribution in [0.25, 0.3) is 0 Å². The molecule has 0 fully saturated rings. The van der Waals surface area contributed by atoms with Gasteiger partial charge in [-0.05, 0) is 56.4 Å². The van der Waals surface area contributed by atoms with Gasteiger partial charge < -0.3 is 4.74 Å². The summed E-state index contributed by atoms with van der Waals surface area (Å²) in [6.45, 7) is 11.9. The number of hydrogen-bond acceptors (Lipinski definition) is 2. The first kappa shape index (κ1) is 14.7. The third-order valence-corrected chi connectivity index (χ3v) is 3.75. The number of ether oxygens (including phenoxy) is 1. The Hall–Kier alpha value is -1.31. The number of Topliss-reactive ketones (excluding diaryl/α,β-unsaturated/α-hetero) is 1. The molecule has 1 aromatic carbocycles. The lowest BCUT2D eigenvalue weighted by Crippen LogP contribution is -2.27. The van der Waals surface area contributed by atoms with E-state index in [2.05, 4.69) is 19.9 Å². The van der Waals surface area contributed by atoms with Crippen LogP contribution in [-0.4, -0.2) is 12.9 Å². The Kier molecular flexibility index (Phi) is 4.20. The zero-order valence-corrected chi connectivity index (χ0v) is 12.5. The molecule has 0 aliphatic carbocycles. The number of carbonyl (C=O) groups excluding carboxylic acids is 1. The Labute approximate surface area is 110 Å². The van der Waals surface area contributed by atoms with Crippen LogP contribution in [0.5, 0.6) is 5.75 Å². The Bertz CT molecular complexity index is 456. The molecular formula is C16H24O2. The number of rotatable bonds is 4. The van der Waals surface area contributed by atoms with Crippen molar-refractivity contribution in [2.75, 3.05) is 7.11 Å². The largest absolute Gasteiger partial charge is 0.496 e. The van der Waals surface area contributed by atoms with Crippen molar-refractivity contribution in [3.8, 4) is 5.75 Å². The predicted molar refractivity (Wildman–Crippen MR) is 75.5 cm³/mol. The summed E-state index contributed by atoms with van der Waals surface area (Å²) in [6.07, 6.45) is 0. The molecule has 0 unspecified atom stereocenters. The number of carbonyl (C=O) groups is 1. The van der Waals surface area contributed by atoms with E-state index in [1.54, 1.807) is 14.0 Å². The Morgan fingerprint density at radius 3 is 2.22 bits per heavy atom. The Morgan fingerprint density at radius 1 is 1.28 bits per heavy atom. The monoisotopic (exact) mass is 248 g/mol. The van der Waals surface area contributed by atoms with Crippen LogP contribution >= 0.6 is 0 Å². The first-order valence-corrected chi connectivity index (χ1v) is 6.41. The number of hydrogen-bond donors (Lipinski definition) is 0. The molecule has 18 heavy (non-hydrogen) atoms. The highest BCUT2D eigenvalue weighted by Crippen LogP contribution is 2.35. The second kappa shape index (κ2) is 5.13. The lowest BCUT2D eigenvalue weighted by atomic mass is 9.77. The minimum atomic E-state index is -0.444. The van der Waals surface area contributed by atoms with Crippen LogP contribution in [0.3, 0.4) is 0 Å². The first-order chi connectivity index (χ1) is 8.21. The van der Waals surface area contributed by atoms with Crippen molar-refractivity contribution in [1.29, 1.82) is 0 Å². The zero-order chi connectivity index (χ0) is 14.1. The Morgan fingerprint density at radius 2 is 1.83 bits per heavy atom. The van der Waals surface area contributed by atoms with Gasteiger partial charge in [0.05, 0.1) is 7.11 Å². The fourth-order valence-electron chi connectivity index (χ4n) is 2.19. The van der Waals surface area contributed by atoms with Crippen molar-refractivity contribution in [2.45, 2.75) is 52.9 Å². The third-order valence-electron chi connectivity index (χ3n) is 3.75. The van der Waals surface area contributed by atoms with Gasteiger partial charge in [0.2, 0.25) is 0 Å².